The fourth-order valence-electron chi connectivity index (χ4n) is 1.57. The summed E-state index contributed by atoms with van der Waals surface area (Å²) in [6.45, 7) is 0. The second kappa shape index (κ2) is 5.65. The number of rotatable bonds is 3. The number of aromatic nitrogens is 1. The first-order valence-corrected chi connectivity index (χ1v) is 6.43. The highest BCUT2D eigenvalue weighted by Crippen LogP contribution is 2.40. The molecule has 21 heavy (non-hydrogen) atoms. The van der Waals surface area contributed by atoms with E-state index >= 15 is 0 Å². The Morgan fingerprint density at radius 2 is 1.95 bits per heavy atom. The highest BCUT2D eigenvalue weighted by Gasteiger charge is 2.33. The van der Waals surface area contributed by atoms with Gasteiger partial charge in [-0.3, -0.25) is 0 Å². The number of nitrogen functional groups attached to an aromatic ring is 1. The summed E-state index contributed by atoms with van der Waals surface area (Å²) in [5.74, 6) is -1.21. The third-order valence-electron chi connectivity index (χ3n) is 2.52. The van der Waals surface area contributed by atoms with Crippen LogP contribution in [-0.4, -0.2) is 16.1 Å². The molecule has 1 heterocycles. The van der Waals surface area contributed by atoms with Crippen LogP contribution in [0.3, 0.4) is 0 Å². The minimum absolute atomic E-state index is 0.0110. The topological polar surface area (TPSA) is 76.2 Å². The number of pyridine rings is 1. The summed E-state index contributed by atoms with van der Waals surface area (Å²) < 4.78 is 38.6. The molecule has 0 aliphatic rings. The fourth-order valence-corrected chi connectivity index (χ4v) is 2.50. The molecule has 0 aliphatic heterocycles. The number of hydrogen-bond donors (Lipinski definition) is 2. The normalized spacial score (nSPS) is 11.4. The van der Waals surface area contributed by atoms with Crippen molar-refractivity contribution in [2.24, 2.45) is 0 Å². The van der Waals surface area contributed by atoms with Gasteiger partial charge in [0.25, 0.3) is 0 Å². The van der Waals surface area contributed by atoms with Crippen molar-refractivity contribution in [3.63, 3.8) is 0 Å². The zero-order valence-corrected chi connectivity index (χ0v) is 11.2. The van der Waals surface area contributed by atoms with Crippen LogP contribution in [0.1, 0.15) is 15.9 Å². The molecule has 0 saturated heterocycles. The Balaban J connectivity index is 2.38. The standard InChI is InChI=1S/C13H9F3N2O2S/c14-13(15,16)8-3-1-2-4-10(8)21-11-9(17)5-7(6-18-11)12(19)20/h1-6H,17H2,(H,19,20). The van der Waals surface area contributed by atoms with Gasteiger partial charge in [0.1, 0.15) is 5.03 Å². The fraction of sp³-hybridized carbons (Fsp3) is 0.0769. The van der Waals surface area contributed by atoms with Crippen LogP contribution in [0.15, 0.2) is 46.5 Å². The van der Waals surface area contributed by atoms with Crippen LogP contribution in [0.5, 0.6) is 0 Å². The molecule has 0 fully saturated rings. The largest absolute Gasteiger partial charge is 0.478 e. The Hall–Kier alpha value is -2.22. The number of benzene rings is 1. The molecule has 110 valence electrons. The molecule has 3 N–H and O–H groups in total. The van der Waals surface area contributed by atoms with E-state index < -0.39 is 17.7 Å². The lowest BCUT2D eigenvalue weighted by molar-refractivity contribution is -0.139. The van der Waals surface area contributed by atoms with Crippen LogP contribution in [0.2, 0.25) is 0 Å². The van der Waals surface area contributed by atoms with E-state index in [-0.39, 0.29) is 21.2 Å². The maximum absolute atomic E-state index is 12.9. The SMILES string of the molecule is Nc1cc(C(=O)O)cnc1Sc1ccccc1C(F)(F)F. The quantitative estimate of drug-likeness (QED) is 0.906. The van der Waals surface area contributed by atoms with Crippen LogP contribution >= 0.6 is 11.8 Å². The Morgan fingerprint density at radius 3 is 2.52 bits per heavy atom. The van der Waals surface area contributed by atoms with Crippen LogP contribution in [-0.2, 0) is 6.18 Å². The van der Waals surface area contributed by atoms with Gasteiger partial charge in [0.05, 0.1) is 16.8 Å². The number of hydrogen-bond acceptors (Lipinski definition) is 4. The third kappa shape index (κ3) is 3.46. The molecular weight excluding hydrogens is 305 g/mol. The van der Waals surface area contributed by atoms with Gasteiger partial charge in [-0.15, -0.1) is 0 Å². The Bertz CT molecular complexity index is 689. The first kappa shape index (κ1) is 15.2. The van der Waals surface area contributed by atoms with Crippen LogP contribution in [0.4, 0.5) is 18.9 Å². The summed E-state index contributed by atoms with van der Waals surface area (Å²) >= 11 is 0.739. The van der Waals surface area contributed by atoms with Crippen molar-refractivity contribution in [1.82, 2.24) is 4.98 Å². The first-order chi connectivity index (χ1) is 9.79. The number of alkyl halides is 3. The monoisotopic (exact) mass is 314 g/mol. The van der Waals surface area contributed by atoms with Gasteiger partial charge >= 0.3 is 12.1 Å². The van der Waals surface area contributed by atoms with E-state index in [1.807, 2.05) is 0 Å². The summed E-state index contributed by atoms with van der Waals surface area (Å²) in [5, 5.41) is 8.91. The first-order valence-electron chi connectivity index (χ1n) is 5.62. The van der Waals surface area contributed by atoms with Crippen molar-refractivity contribution < 1.29 is 23.1 Å². The lowest BCUT2D eigenvalue weighted by atomic mass is 10.2. The van der Waals surface area contributed by atoms with Crippen molar-refractivity contribution >= 4 is 23.4 Å². The molecule has 0 spiro atoms. The van der Waals surface area contributed by atoms with E-state index in [1.54, 1.807) is 0 Å². The molecule has 0 atom stereocenters. The van der Waals surface area contributed by atoms with Gasteiger partial charge in [0.2, 0.25) is 0 Å². The zero-order valence-electron chi connectivity index (χ0n) is 10.4. The van der Waals surface area contributed by atoms with E-state index in [1.165, 1.54) is 18.2 Å². The number of aromatic carboxylic acids is 1. The Labute approximate surface area is 121 Å². The number of nitrogens with zero attached hydrogens (tertiary/aromatic N) is 1. The third-order valence-corrected chi connectivity index (χ3v) is 3.64. The van der Waals surface area contributed by atoms with Crippen molar-refractivity contribution in [3.8, 4) is 0 Å². The molecule has 0 saturated carbocycles. The molecule has 0 amide bonds. The lowest BCUT2D eigenvalue weighted by Gasteiger charge is -2.12. The second-order valence-corrected chi connectivity index (χ2v) is 5.05. The summed E-state index contributed by atoms with van der Waals surface area (Å²) in [6, 6.07) is 6.19. The summed E-state index contributed by atoms with van der Waals surface area (Å²) in [5.41, 5.74) is 4.73. The molecule has 2 aromatic rings. The number of carboxylic acids is 1. The van der Waals surface area contributed by atoms with E-state index in [4.69, 9.17) is 10.8 Å². The predicted molar refractivity (Wildman–Crippen MR) is 71.2 cm³/mol. The summed E-state index contributed by atoms with van der Waals surface area (Å²) in [4.78, 5) is 14.5. The maximum Gasteiger partial charge on any atom is 0.417 e. The second-order valence-electron chi connectivity index (χ2n) is 4.02. The molecule has 2 rings (SSSR count). The average Bonchev–Trinajstić information content (AvgIpc) is 2.40. The number of anilines is 1. The molecule has 0 unspecified atom stereocenters. The highest BCUT2D eigenvalue weighted by molar-refractivity contribution is 7.99. The molecule has 0 bridgehead atoms. The lowest BCUT2D eigenvalue weighted by Crippen LogP contribution is -2.07. The molecule has 1 aromatic carbocycles. The van der Waals surface area contributed by atoms with Gasteiger partial charge in [0.15, 0.2) is 0 Å². The minimum Gasteiger partial charge on any atom is -0.478 e. The average molecular weight is 314 g/mol. The van der Waals surface area contributed by atoms with Gasteiger partial charge < -0.3 is 10.8 Å². The van der Waals surface area contributed by atoms with E-state index in [9.17, 15) is 18.0 Å². The Morgan fingerprint density at radius 1 is 1.29 bits per heavy atom. The minimum atomic E-state index is -4.49. The van der Waals surface area contributed by atoms with Gasteiger partial charge in [0, 0.05) is 11.1 Å². The number of carboxylic acid groups (broad SMARTS) is 1. The highest BCUT2D eigenvalue weighted by atomic mass is 32.2. The Kier molecular flexibility index (Phi) is 4.08. The van der Waals surface area contributed by atoms with Crippen molar-refractivity contribution in [3.05, 3.63) is 47.7 Å². The molecule has 8 heteroatoms. The number of halogens is 3. The molecular formula is C13H9F3N2O2S. The number of carbonyl (C=O) groups is 1. The molecule has 1 aromatic heterocycles. The maximum atomic E-state index is 12.9. The molecule has 0 radical (unpaired) electrons. The van der Waals surface area contributed by atoms with Crippen LogP contribution in [0.25, 0.3) is 0 Å². The van der Waals surface area contributed by atoms with Gasteiger partial charge in [-0.1, -0.05) is 23.9 Å². The van der Waals surface area contributed by atoms with Crippen LogP contribution in [0, 0.1) is 0 Å². The summed E-state index contributed by atoms with van der Waals surface area (Å²) in [6.07, 6.45) is -3.43. The smallest absolute Gasteiger partial charge is 0.417 e. The van der Waals surface area contributed by atoms with E-state index in [0.29, 0.717) is 0 Å². The van der Waals surface area contributed by atoms with Crippen LogP contribution < -0.4 is 5.73 Å². The molecule has 4 nitrogen and oxygen atoms in total. The number of nitrogens with two attached hydrogens (primary N) is 1. The van der Waals surface area contributed by atoms with Crippen molar-refractivity contribution in [1.29, 1.82) is 0 Å². The van der Waals surface area contributed by atoms with Crippen molar-refractivity contribution in [2.45, 2.75) is 16.1 Å². The van der Waals surface area contributed by atoms with Gasteiger partial charge in [-0.25, -0.2) is 9.78 Å². The zero-order chi connectivity index (χ0) is 15.6. The van der Waals surface area contributed by atoms with Crippen molar-refractivity contribution in [2.75, 3.05) is 5.73 Å². The van der Waals surface area contributed by atoms with Gasteiger partial charge in [-0.2, -0.15) is 13.2 Å². The molecule has 0 aliphatic carbocycles. The van der Waals surface area contributed by atoms with Gasteiger partial charge in [-0.05, 0) is 18.2 Å². The summed E-state index contributed by atoms with van der Waals surface area (Å²) in [7, 11) is 0. The van der Waals surface area contributed by atoms with E-state index in [0.717, 1.165) is 30.1 Å². The van der Waals surface area contributed by atoms with E-state index in [2.05, 4.69) is 4.98 Å². The predicted octanol–water partition coefficient (Wildman–Crippen LogP) is 3.53.